The molecule has 3 N–H and O–H groups in total. The number of amides is 1. The predicted molar refractivity (Wildman–Crippen MR) is 87.9 cm³/mol. The summed E-state index contributed by atoms with van der Waals surface area (Å²) in [7, 11) is 0. The molecule has 2 rings (SSSR count). The van der Waals surface area contributed by atoms with E-state index in [0.29, 0.717) is 19.5 Å². The topological polar surface area (TPSA) is 55.1 Å². The van der Waals surface area contributed by atoms with Crippen LogP contribution < -0.4 is 11.1 Å². The number of thiophene rings is 1. The molecule has 0 saturated heterocycles. The fourth-order valence-corrected chi connectivity index (χ4v) is 4.45. The van der Waals surface area contributed by atoms with Gasteiger partial charge in [-0.05, 0) is 59.3 Å². The van der Waals surface area contributed by atoms with E-state index < -0.39 is 0 Å². The molecular formula is C15H23BrN2OS. The maximum absolute atomic E-state index is 12.1. The molecule has 1 aliphatic carbocycles. The van der Waals surface area contributed by atoms with E-state index in [2.05, 4.69) is 27.3 Å². The molecule has 0 aromatic carbocycles. The lowest BCUT2D eigenvalue weighted by atomic mass is 9.71. The quantitative estimate of drug-likeness (QED) is 0.817. The molecule has 0 aliphatic heterocycles. The molecule has 1 amide bonds. The van der Waals surface area contributed by atoms with Crippen molar-refractivity contribution in [3.8, 4) is 0 Å². The molecule has 0 radical (unpaired) electrons. The van der Waals surface area contributed by atoms with E-state index in [9.17, 15) is 4.79 Å². The molecule has 0 spiro atoms. The molecule has 0 atom stereocenters. The SMILES string of the molecule is NCC1(CC(=O)NCCc2ccc(Br)s2)CCCCC1. The van der Waals surface area contributed by atoms with E-state index in [1.807, 2.05) is 6.07 Å². The van der Waals surface area contributed by atoms with Gasteiger partial charge < -0.3 is 11.1 Å². The third-order valence-electron chi connectivity index (χ3n) is 4.21. The monoisotopic (exact) mass is 358 g/mol. The van der Waals surface area contributed by atoms with Crippen molar-refractivity contribution in [1.29, 1.82) is 0 Å². The van der Waals surface area contributed by atoms with E-state index in [-0.39, 0.29) is 11.3 Å². The molecule has 1 heterocycles. The molecule has 3 nitrogen and oxygen atoms in total. The van der Waals surface area contributed by atoms with Crippen molar-refractivity contribution in [2.45, 2.75) is 44.9 Å². The largest absolute Gasteiger partial charge is 0.356 e. The first-order valence-corrected chi connectivity index (χ1v) is 8.95. The van der Waals surface area contributed by atoms with Crippen molar-refractivity contribution in [2.24, 2.45) is 11.1 Å². The number of carbonyl (C=O) groups excluding carboxylic acids is 1. The molecule has 112 valence electrons. The Morgan fingerprint density at radius 1 is 1.35 bits per heavy atom. The van der Waals surface area contributed by atoms with Crippen molar-refractivity contribution >= 4 is 33.2 Å². The van der Waals surface area contributed by atoms with Crippen LogP contribution >= 0.6 is 27.3 Å². The van der Waals surface area contributed by atoms with Gasteiger partial charge >= 0.3 is 0 Å². The van der Waals surface area contributed by atoms with Crippen molar-refractivity contribution < 1.29 is 4.79 Å². The van der Waals surface area contributed by atoms with E-state index >= 15 is 0 Å². The molecular weight excluding hydrogens is 336 g/mol. The van der Waals surface area contributed by atoms with Crippen LogP contribution in [0, 0.1) is 5.41 Å². The maximum atomic E-state index is 12.1. The Kier molecular flexibility index (Phi) is 6.05. The first-order chi connectivity index (χ1) is 9.63. The number of hydrogen-bond donors (Lipinski definition) is 2. The van der Waals surface area contributed by atoms with Crippen LogP contribution in [-0.2, 0) is 11.2 Å². The smallest absolute Gasteiger partial charge is 0.220 e. The number of nitrogens with two attached hydrogens (primary N) is 1. The van der Waals surface area contributed by atoms with Gasteiger partial charge in [-0.25, -0.2) is 0 Å². The summed E-state index contributed by atoms with van der Waals surface area (Å²) in [4.78, 5) is 13.4. The van der Waals surface area contributed by atoms with Gasteiger partial charge in [-0.3, -0.25) is 4.79 Å². The van der Waals surface area contributed by atoms with Gasteiger partial charge in [0.15, 0.2) is 0 Å². The lowest BCUT2D eigenvalue weighted by Gasteiger charge is -2.35. The van der Waals surface area contributed by atoms with Crippen molar-refractivity contribution in [2.75, 3.05) is 13.1 Å². The summed E-state index contributed by atoms with van der Waals surface area (Å²) < 4.78 is 1.14. The highest BCUT2D eigenvalue weighted by Crippen LogP contribution is 2.38. The van der Waals surface area contributed by atoms with Crippen LogP contribution in [0.4, 0.5) is 0 Å². The second-order valence-corrected chi connectivity index (χ2v) is 8.29. The van der Waals surface area contributed by atoms with E-state index in [1.165, 1.54) is 24.1 Å². The Labute approximate surface area is 133 Å². The first-order valence-electron chi connectivity index (χ1n) is 7.35. The predicted octanol–water partition coefficient (Wildman–Crippen LogP) is 3.47. The molecule has 5 heteroatoms. The van der Waals surface area contributed by atoms with Crippen LogP contribution in [0.2, 0.25) is 0 Å². The summed E-state index contributed by atoms with van der Waals surface area (Å²) in [6.07, 6.45) is 7.43. The van der Waals surface area contributed by atoms with Crippen LogP contribution in [0.25, 0.3) is 0 Å². The molecule has 1 aromatic heterocycles. The van der Waals surface area contributed by atoms with Gasteiger partial charge in [-0.1, -0.05) is 19.3 Å². The summed E-state index contributed by atoms with van der Waals surface area (Å²) in [5, 5.41) is 3.04. The van der Waals surface area contributed by atoms with E-state index in [4.69, 9.17) is 5.73 Å². The Morgan fingerprint density at radius 3 is 2.70 bits per heavy atom. The van der Waals surface area contributed by atoms with Crippen molar-refractivity contribution in [3.05, 3.63) is 20.8 Å². The summed E-state index contributed by atoms with van der Waals surface area (Å²) >= 11 is 5.18. The third-order valence-corrected chi connectivity index (χ3v) is 5.89. The Balaban J connectivity index is 1.74. The van der Waals surface area contributed by atoms with Crippen molar-refractivity contribution in [1.82, 2.24) is 5.32 Å². The van der Waals surface area contributed by atoms with Crippen LogP contribution in [0.1, 0.15) is 43.4 Å². The molecule has 0 bridgehead atoms. The highest BCUT2D eigenvalue weighted by molar-refractivity contribution is 9.11. The van der Waals surface area contributed by atoms with Gasteiger partial charge in [0.25, 0.3) is 0 Å². The van der Waals surface area contributed by atoms with Crippen LogP contribution in [-0.4, -0.2) is 19.0 Å². The molecule has 20 heavy (non-hydrogen) atoms. The summed E-state index contributed by atoms with van der Waals surface area (Å²) in [6.45, 7) is 1.35. The Hall–Kier alpha value is -0.390. The van der Waals surface area contributed by atoms with E-state index in [0.717, 1.165) is 23.0 Å². The minimum Gasteiger partial charge on any atom is -0.356 e. The van der Waals surface area contributed by atoms with Gasteiger partial charge in [-0.15, -0.1) is 11.3 Å². The highest BCUT2D eigenvalue weighted by atomic mass is 79.9. The lowest BCUT2D eigenvalue weighted by Crippen LogP contribution is -2.39. The summed E-state index contributed by atoms with van der Waals surface area (Å²) in [5.41, 5.74) is 5.99. The molecule has 0 unspecified atom stereocenters. The second kappa shape index (κ2) is 7.57. The third kappa shape index (κ3) is 4.57. The average Bonchev–Trinajstić information content (AvgIpc) is 2.85. The van der Waals surface area contributed by atoms with Crippen molar-refractivity contribution in [3.63, 3.8) is 0 Å². The summed E-state index contributed by atoms with van der Waals surface area (Å²) in [6, 6.07) is 4.15. The van der Waals surface area contributed by atoms with Gasteiger partial charge in [0.2, 0.25) is 5.91 Å². The average molecular weight is 359 g/mol. The number of halogens is 1. The Bertz CT molecular complexity index is 441. The zero-order valence-corrected chi connectivity index (χ0v) is 14.2. The van der Waals surface area contributed by atoms with Gasteiger partial charge in [0, 0.05) is 17.8 Å². The van der Waals surface area contributed by atoms with Crippen LogP contribution in [0.5, 0.6) is 0 Å². The summed E-state index contributed by atoms with van der Waals surface area (Å²) in [5.74, 6) is 0.160. The molecule has 1 aliphatic rings. The maximum Gasteiger partial charge on any atom is 0.220 e. The number of rotatable bonds is 6. The standard InChI is InChI=1S/C15H23BrN2OS/c16-13-5-4-12(20-13)6-9-18-14(19)10-15(11-17)7-2-1-3-8-15/h4-5H,1-3,6-11,17H2,(H,18,19). The molecule has 1 fully saturated rings. The molecule has 1 aromatic rings. The Morgan fingerprint density at radius 2 is 2.10 bits per heavy atom. The number of hydrogen-bond acceptors (Lipinski definition) is 3. The van der Waals surface area contributed by atoms with Gasteiger partial charge in [0.05, 0.1) is 3.79 Å². The highest BCUT2D eigenvalue weighted by Gasteiger charge is 2.32. The molecule has 1 saturated carbocycles. The van der Waals surface area contributed by atoms with Gasteiger partial charge in [-0.2, -0.15) is 0 Å². The lowest BCUT2D eigenvalue weighted by molar-refractivity contribution is -0.123. The second-order valence-electron chi connectivity index (χ2n) is 5.75. The van der Waals surface area contributed by atoms with Gasteiger partial charge in [0.1, 0.15) is 0 Å². The fraction of sp³-hybridized carbons (Fsp3) is 0.667. The first kappa shape index (κ1) is 16.0. The number of nitrogens with one attached hydrogen (secondary N) is 1. The fourth-order valence-electron chi connectivity index (χ4n) is 2.97. The minimum absolute atomic E-state index is 0.0638. The number of carbonyl (C=O) groups is 1. The van der Waals surface area contributed by atoms with Crippen LogP contribution in [0.15, 0.2) is 15.9 Å². The normalized spacial score (nSPS) is 17.9. The van der Waals surface area contributed by atoms with Crippen LogP contribution in [0.3, 0.4) is 0 Å². The zero-order valence-electron chi connectivity index (χ0n) is 11.8. The zero-order chi connectivity index (χ0) is 14.4. The van der Waals surface area contributed by atoms with E-state index in [1.54, 1.807) is 11.3 Å². The minimum atomic E-state index is 0.0638.